The van der Waals surface area contributed by atoms with Crippen molar-refractivity contribution < 1.29 is 9.66 Å². The minimum absolute atomic E-state index is 0.0682. The van der Waals surface area contributed by atoms with Crippen molar-refractivity contribution in [2.24, 2.45) is 0 Å². The van der Waals surface area contributed by atoms with Gasteiger partial charge >= 0.3 is 5.70 Å². The van der Waals surface area contributed by atoms with Gasteiger partial charge in [-0.25, -0.2) is 0 Å². The summed E-state index contributed by atoms with van der Waals surface area (Å²) in [5.74, 6) is 0.884. The number of ether oxygens (including phenoxy) is 1. The van der Waals surface area contributed by atoms with E-state index in [1.807, 2.05) is 30.5 Å². The largest absolute Gasteiger partial charge is 0.435 e. The first-order valence-corrected chi connectivity index (χ1v) is 6.33. The van der Waals surface area contributed by atoms with Gasteiger partial charge in [-0.1, -0.05) is 18.2 Å². The van der Waals surface area contributed by atoms with Gasteiger partial charge in [0.15, 0.2) is 0 Å². The van der Waals surface area contributed by atoms with Crippen molar-refractivity contribution in [2.75, 3.05) is 13.3 Å². The highest BCUT2D eigenvalue weighted by Gasteiger charge is 2.37. The third kappa shape index (κ3) is 1.95. The number of rotatable bonds is 3. The molecule has 1 N–H and O–H groups in total. The van der Waals surface area contributed by atoms with Crippen molar-refractivity contribution in [1.29, 1.82) is 0 Å². The molecule has 0 bridgehead atoms. The van der Waals surface area contributed by atoms with Gasteiger partial charge in [0.1, 0.15) is 11.0 Å². The molecule has 0 aromatic heterocycles. The summed E-state index contributed by atoms with van der Waals surface area (Å²) in [5.41, 5.74) is 0.907. The Morgan fingerprint density at radius 2 is 2.18 bits per heavy atom. The fourth-order valence-corrected chi connectivity index (χ4v) is 2.68. The van der Waals surface area contributed by atoms with E-state index in [1.165, 1.54) is 11.8 Å². The number of nitrogens with one attached hydrogen (secondary N) is 1. The first kappa shape index (κ1) is 11.8. The van der Waals surface area contributed by atoms with E-state index in [2.05, 4.69) is 5.32 Å². The predicted octanol–water partition coefficient (Wildman–Crippen LogP) is 2.15. The average molecular weight is 252 g/mol. The molecule has 2 rings (SSSR count). The summed E-state index contributed by atoms with van der Waals surface area (Å²) in [6, 6.07) is 7.37. The molecule has 17 heavy (non-hydrogen) atoms. The molecular formula is C11H12N2O3S. The molecule has 1 aromatic carbocycles. The summed E-state index contributed by atoms with van der Waals surface area (Å²) in [7, 11) is 1.62. The van der Waals surface area contributed by atoms with E-state index in [9.17, 15) is 10.1 Å². The lowest BCUT2D eigenvalue weighted by atomic mass is 10.1. The number of nitrogens with zero attached hydrogens (tertiary/aromatic N) is 1. The molecule has 0 amide bonds. The second-order valence-electron chi connectivity index (χ2n) is 3.48. The highest BCUT2D eigenvalue weighted by molar-refractivity contribution is 7.99. The Morgan fingerprint density at radius 1 is 1.47 bits per heavy atom. The Kier molecular flexibility index (Phi) is 3.23. The van der Waals surface area contributed by atoms with Crippen LogP contribution in [0.15, 0.2) is 35.8 Å². The van der Waals surface area contributed by atoms with Gasteiger partial charge in [0.25, 0.3) is 5.88 Å². The summed E-state index contributed by atoms with van der Waals surface area (Å²) < 4.78 is 5.50. The molecule has 0 aliphatic carbocycles. The number of hydrogen-bond donors (Lipinski definition) is 1. The molecule has 1 aliphatic heterocycles. The van der Waals surface area contributed by atoms with Gasteiger partial charge in [-0.3, -0.25) is 10.1 Å². The zero-order valence-corrected chi connectivity index (χ0v) is 10.3. The summed E-state index contributed by atoms with van der Waals surface area (Å²) >= 11 is 1.42. The van der Waals surface area contributed by atoms with Crippen molar-refractivity contribution in [1.82, 2.24) is 5.32 Å². The number of para-hydroxylation sites is 1. The van der Waals surface area contributed by atoms with Crippen LogP contribution < -0.4 is 10.1 Å². The van der Waals surface area contributed by atoms with Crippen LogP contribution in [0.25, 0.3) is 0 Å². The zero-order chi connectivity index (χ0) is 12.4. The van der Waals surface area contributed by atoms with E-state index in [0.29, 0.717) is 5.75 Å². The Labute approximate surface area is 103 Å². The number of hydrogen-bond acceptors (Lipinski definition) is 5. The smallest absolute Gasteiger partial charge is 0.322 e. The van der Waals surface area contributed by atoms with Crippen LogP contribution in [0.4, 0.5) is 0 Å². The molecular weight excluding hydrogens is 240 g/mol. The first-order valence-electron chi connectivity index (χ1n) is 5.05. The van der Waals surface area contributed by atoms with E-state index < -0.39 is 0 Å². The van der Waals surface area contributed by atoms with Crippen molar-refractivity contribution in [3.8, 4) is 5.75 Å². The second-order valence-corrected chi connectivity index (χ2v) is 4.42. The third-order valence-corrected chi connectivity index (χ3v) is 3.50. The maximum absolute atomic E-state index is 11.1. The fraction of sp³-hybridized carbons (Fsp3) is 0.273. The van der Waals surface area contributed by atoms with Gasteiger partial charge in [0.05, 0.1) is 4.92 Å². The molecule has 90 valence electrons. The molecule has 0 fully saturated rings. The quantitative estimate of drug-likeness (QED) is 0.659. The molecule has 1 aromatic rings. The highest BCUT2D eigenvalue weighted by atomic mass is 32.2. The van der Waals surface area contributed by atoms with Gasteiger partial charge in [0.2, 0.25) is 0 Å². The normalized spacial score (nSPS) is 18.4. The topological polar surface area (TPSA) is 64.4 Å². The SMILES string of the molecule is CNC1=C([N+](=O)[O-])C(SC)c2ccccc2O1. The van der Waals surface area contributed by atoms with Gasteiger partial charge in [0, 0.05) is 12.6 Å². The number of benzene rings is 1. The van der Waals surface area contributed by atoms with Gasteiger partial charge in [-0.2, -0.15) is 0 Å². The standard InChI is InChI=1S/C11H12N2O3S/c1-12-11-9(13(14)15)10(17-2)7-5-3-4-6-8(7)16-11/h3-6,10,12H,1-2H3. The maximum atomic E-state index is 11.1. The molecule has 6 heteroatoms. The predicted molar refractivity (Wildman–Crippen MR) is 66.4 cm³/mol. The van der Waals surface area contributed by atoms with Gasteiger partial charge in [-0.05, 0) is 12.3 Å². The van der Waals surface area contributed by atoms with Crippen molar-refractivity contribution in [3.63, 3.8) is 0 Å². The lowest BCUT2D eigenvalue weighted by molar-refractivity contribution is -0.431. The van der Waals surface area contributed by atoms with Crippen molar-refractivity contribution >= 4 is 11.8 Å². The lowest BCUT2D eigenvalue weighted by Crippen LogP contribution is -2.26. The lowest BCUT2D eigenvalue weighted by Gasteiger charge is -2.23. The summed E-state index contributed by atoms with van der Waals surface area (Å²) in [5, 5.41) is 13.6. The highest BCUT2D eigenvalue weighted by Crippen LogP contribution is 2.43. The summed E-state index contributed by atoms with van der Waals surface area (Å²) in [4.78, 5) is 10.7. The minimum Gasteiger partial charge on any atom is -0.435 e. The van der Waals surface area contributed by atoms with Crippen LogP contribution in [-0.4, -0.2) is 18.2 Å². The van der Waals surface area contributed by atoms with Crippen LogP contribution in [-0.2, 0) is 0 Å². The van der Waals surface area contributed by atoms with Crippen LogP contribution >= 0.6 is 11.8 Å². The fourth-order valence-electron chi connectivity index (χ4n) is 1.82. The molecule has 1 unspecified atom stereocenters. The Morgan fingerprint density at radius 3 is 2.76 bits per heavy atom. The van der Waals surface area contributed by atoms with Crippen LogP contribution in [0.1, 0.15) is 10.8 Å². The van der Waals surface area contributed by atoms with E-state index in [-0.39, 0.29) is 21.8 Å². The van der Waals surface area contributed by atoms with E-state index >= 15 is 0 Å². The first-order chi connectivity index (χ1) is 8.19. The van der Waals surface area contributed by atoms with Crippen molar-refractivity contribution in [3.05, 3.63) is 51.5 Å². The van der Waals surface area contributed by atoms with Crippen LogP contribution in [0, 0.1) is 10.1 Å². The summed E-state index contributed by atoms with van der Waals surface area (Å²) in [6.07, 6.45) is 1.85. The number of thioether (sulfide) groups is 1. The molecule has 5 nitrogen and oxygen atoms in total. The molecule has 0 spiro atoms. The Bertz CT molecular complexity index is 487. The van der Waals surface area contributed by atoms with Crippen LogP contribution in [0.5, 0.6) is 5.75 Å². The maximum Gasteiger partial charge on any atom is 0.322 e. The summed E-state index contributed by atoms with van der Waals surface area (Å²) in [6.45, 7) is 0. The molecule has 1 aliphatic rings. The van der Waals surface area contributed by atoms with E-state index in [0.717, 1.165) is 5.56 Å². The molecule has 0 saturated heterocycles. The zero-order valence-electron chi connectivity index (χ0n) is 9.47. The van der Waals surface area contributed by atoms with Crippen molar-refractivity contribution in [2.45, 2.75) is 5.25 Å². The Hall–Kier alpha value is -1.69. The number of nitro groups is 1. The number of fused-ring (bicyclic) bond motifs is 1. The molecule has 0 radical (unpaired) electrons. The Balaban J connectivity index is 2.56. The van der Waals surface area contributed by atoms with Crippen LogP contribution in [0.3, 0.4) is 0 Å². The van der Waals surface area contributed by atoms with Gasteiger partial charge in [-0.15, -0.1) is 11.8 Å². The van der Waals surface area contributed by atoms with E-state index in [1.54, 1.807) is 7.05 Å². The van der Waals surface area contributed by atoms with E-state index in [4.69, 9.17) is 4.74 Å². The van der Waals surface area contributed by atoms with Gasteiger partial charge < -0.3 is 10.1 Å². The monoisotopic (exact) mass is 252 g/mol. The molecule has 0 saturated carbocycles. The second kappa shape index (κ2) is 4.67. The molecule has 1 heterocycles. The van der Waals surface area contributed by atoms with Crippen LogP contribution in [0.2, 0.25) is 0 Å². The average Bonchev–Trinajstić information content (AvgIpc) is 2.35. The minimum atomic E-state index is -0.386. The molecule has 1 atom stereocenters. The third-order valence-electron chi connectivity index (χ3n) is 2.55.